The van der Waals surface area contributed by atoms with E-state index in [9.17, 15) is 9.18 Å². The molecule has 0 unspecified atom stereocenters. The van der Waals surface area contributed by atoms with E-state index in [1.54, 1.807) is 12.1 Å². The summed E-state index contributed by atoms with van der Waals surface area (Å²) in [5.74, 6) is -0.447. The van der Waals surface area contributed by atoms with Crippen molar-refractivity contribution >= 4 is 24.5 Å². The number of nitrogens with zero attached hydrogens (tertiary/aromatic N) is 1. The normalized spacial score (nSPS) is 10.6. The Morgan fingerprint density at radius 3 is 2.89 bits per heavy atom. The summed E-state index contributed by atoms with van der Waals surface area (Å²) < 4.78 is 13.6. The lowest BCUT2D eigenvalue weighted by atomic mass is 10.2. The van der Waals surface area contributed by atoms with Gasteiger partial charge < -0.3 is 10.6 Å². The first-order valence-electron chi connectivity index (χ1n) is 5.22. The van der Waals surface area contributed by atoms with Gasteiger partial charge in [-0.3, -0.25) is 9.79 Å². The number of benzene rings is 1. The number of amides is 1. The number of hydrogen-bond acceptors (Lipinski definition) is 3. The summed E-state index contributed by atoms with van der Waals surface area (Å²) in [6, 6.07) is 4.42. The Kier molecular flexibility index (Phi) is 5.31. The van der Waals surface area contributed by atoms with E-state index < -0.39 is 5.82 Å². The Labute approximate surface area is 105 Å². The fourth-order valence-corrected chi connectivity index (χ4v) is 1.37. The second kappa shape index (κ2) is 7.01. The number of carbonyl (C=O) groups excluding carboxylic acids is 1. The molecule has 0 radical (unpaired) electrons. The number of carbonyl (C=O) groups is 1. The highest BCUT2D eigenvalue weighted by Crippen LogP contribution is 2.24. The van der Waals surface area contributed by atoms with E-state index in [4.69, 9.17) is 0 Å². The number of anilines is 2. The van der Waals surface area contributed by atoms with E-state index >= 15 is 0 Å². The van der Waals surface area contributed by atoms with E-state index in [1.807, 2.05) is 0 Å². The molecule has 1 aromatic carbocycles. The Balaban J connectivity index is 2.89. The number of rotatable bonds is 7. The molecule has 0 atom stereocenters. The van der Waals surface area contributed by atoms with Crippen LogP contribution in [0.3, 0.4) is 0 Å². The molecular weight excluding hydrogens is 233 g/mol. The van der Waals surface area contributed by atoms with E-state index in [-0.39, 0.29) is 5.69 Å². The summed E-state index contributed by atoms with van der Waals surface area (Å²) in [4.78, 5) is 14.0. The van der Waals surface area contributed by atoms with Gasteiger partial charge in [-0.15, -0.1) is 0 Å². The Morgan fingerprint density at radius 2 is 2.28 bits per heavy atom. The summed E-state index contributed by atoms with van der Waals surface area (Å²) in [6.07, 6.45) is 3.61. The van der Waals surface area contributed by atoms with Crippen molar-refractivity contribution in [3.8, 4) is 0 Å². The average Bonchev–Trinajstić information content (AvgIpc) is 2.37. The second-order valence-electron chi connectivity index (χ2n) is 3.37. The predicted octanol–water partition coefficient (Wildman–Crippen LogP) is 2.58. The molecular formula is C13H14FN3O. The van der Waals surface area contributed by atoms with Crippen LogP contribution in [0.1, 0.15) is 0 Å². The van der Waals surface area contributed by atoms with Crippen LogP contribution in [0.25, 0.3) is 0 Å². The van der Waals surface area contributed by atoms with Crippen molar-refractivity contribution < 1.29 is 9.18 Å². The second-order valence-corrected chi connectivity index (χ2v) is 3.37. The minimum Gasteiger partial charge on any atom is -0.377 e. The van der Waals surface area contributed by atoms with Crippen LogP contribution >= 0.6 is 0 Å². The monoisotopic (exact) mass is 247 g/mol. The smallest absolute Gasteiger partial charge is 0.211 e. The maximum atomic E-state index is 13.6. The number of para-hydroxylation sites is 1. The molecule has 94 valence electrons. The van der Waals surface area contributed by atoms with Gasteiger partial charge in [0.15, 0.2) is 0 Å². The van der Waals surface area contributed by atoms with Crippen molar-refractivity contribution in [2.45, 2.75) is 0 Å². The van der Waals surface area contributed by atoms with Crippen molar-refractivity contribution in [2.75, 3.05) is 17.2 Å². The topological polar surface area (TPSA) is 53.5 Å². The maximum Gasteiger partial charge on any atom is 0.211 e. The Morgan fingerprint density at radius 1 is 1.50 bits per heavy atom. The molecule has 0 aliphatic heterocycles. The zero-order valence-electron chi connectivity index (χ0n) is 9.82. The molecule has 0 aromatic heterocycles. The van der Waals surface area contributed by atoms with Gasteiger partial charge in [-0.25, -0.2) is 4.39 Å². The fraction of sp³-hybridized carbons (Fsp3) is 0.0769. The van der Waals surface area contributed by atoms with Gasteiger partial charge in [-0.1, -0.05) is 18.7 Å². The van der Waals surface area contributed by atoms with E-state index in [0.717, 1.165) is 5.57 Å². The molecule has 0 aliphatic rings. The van der Waals surface area contributed by atoms with E-state index in [0.29, 0.717) is 18.6 Å². The van der Waals surface area contributed by atoms with Crippen molar-refractivity contribution in [1.82, 2.24) is 0 Å². The predicted molar refractivity (Wildman–Crippen MR) is 72.4 cm³/mol. The molecule has 1 rings (SSSR count). The summed E-state index contributed by atoms with van der Waals surface area (Å²) in [7, 11) is 0. The number of hydrogen-bond donors (Lipinski definition) is 2. The first-order chi connectivity index (χ1) is 8.72. The standard InChI is InChI=1S/C13H14FN3O/c1-3-10(7-15-2)8-16-13-11(14)5-4-6-12(13)17-9-18/h3-7,9,16H,1-2,8H2,(H,17,18)/b10-7+. The van der Waals surface area contributed by atoms with Crippen LogP contribution in [0.2, 0.25) is 0 Å². The summed E-state index contributed by atoms with van der Waals surface area (Å²) in [5.41, 5.74) is 1.35. The molecule has 0 heterocycles. The first-order valence-corrected chi connectivity index (χ1v) is 5.22. The van der Waals surface area contributed by atoms with Gasteiger partial charge in [-0.05, 0) is 24.4 Å². The molecule has 18 heavy (non-hydrogen) atoms. The SMILES string of the molecule is C=C/C(=C\N=C)CNc1c(F)cccc1NC=O. The zero-order chi connectivity index (χ0) is 13.4. The Hall–Kier alpha value is -2.43. The number of aliphatic imine (C=N–C) groups is 1. The van der Waals surface area contributed by atoms with Crippen LogP contribution in [0.15, 0.2) is 47.6 Å². The van der Waals surface area contributed by atoms with Crippen LogP contribution < -0.4 is 10.6 Å². The largest absolute Gasteiger partial charge is 0.377 e. The summed E-state index contributed by atoms with van der Waals surface area (Å²) >= 11 is 0. The van der Waals surface area contributed by atoms with Crippen LogP contribution in [0.4, 0.5) is 15.8 Å². The van der Waals surface area contributed by atoms with Crippen molar-refractivity contribution in [3.05, 3.63) is 48.4 Å². The summed E-state index contributed by atoms with van der Waals surface area (Å²) in [6.45, 7) is 7.28. The zero-order valence-corrected chi connectivity index (χ0v) is 9.82. The highest BCUT2D eigenvalue weighted by atomic mass is 19.1. The quantitative estimate of drug-likeness (QED) is 0.442. The molecule has 5 heteroatoms. The lowest BCUT2D eigenvalue weighted by Gasteiger charge is -2.12. The number of nitrogens with one attached hydrogen (secondary N) is 2. The van der Waals surface area contributed by atoms with Crippen molar-refractivity contribution in [2.24, 2.45) is 4.99 Å². The van der Waals surface area contributed by atoms with E-state index in [1.165, 1.54) is 18.3 Å². The third-order valence-corrected chi connectivity index (χ3v) is 2.22. The lowest BCUT2D eigenvalue weighted by molar-refractivity contribution is -0.105. The molecule has 1 aromatic rings. The average molecular weight is 247 g/mol. The summed E-state index contributed by atoms with van der Waals surface area (Å²) in [5, 5.41) is 5.31. The molecule has 0 aliphatic carbocycles. The minimum atomic E-state index is -0.447. The van der Waals surface area contributed by atoms with Crippen LogP contribution in [0, 0.1) is 5.82 Å². The van der Waals surface area contributed by atoms with Gasteiger partial charge in [0.25, 0.3) is 0 Å². The van der Waals surface area contributed by atoms with E-state index in [2.05, 4.69) is 28.9 Å². The first kappa shape index (κ1) is 13.6. The number of halogens is 1. The van der Waals surface area contributed by atoms with Crippen LogP contribution in [-0.2, 0) is 4.79 Å². The van der Waals surface area contributed by atoms with Gasteiger partial charge in [0.1, 0.15) is 5.82 Å². The third kappa shape index (κ3) is 3.55. The van der Waals surface area contributed by atoms with Gasteiger partial charge in [0.2, 0.25) is 6.41 Å². The van der Waals surface area contributed by atoms with Gasteiger partial charge in [-0.2, -0.15) is 0 Å². The molecule has 0 spiro atoms. The molecule has 2 N–H and O–H groups in total. The van der Waals surface area contributed by atoms with Gasteiger partial charge in [0, 0.05) is 12.7 Å². The molecule has 0 bridgehead atoms. The molecule has 0 saturated carbocycles. The van der Waals surface area contributed by atoms with Gasteiger partial charge >= 0.3 is 0 Å². The highest BCUT2D eigenvalue weighted by Gasteiger charge is 2.07. The van der Waals surface area contributed by atoms with Crippen LogP contribution in [0.5, 0.6) is 0 Å². The van der Waals surface area contributed by atoms with Crippen molar-refractivity contribution in [3.63, 3.8) is 0 Å². The maximum absolute atomic E-state index is 13.6. The third-order valence-electron chi connectivity index (χ3n) is 2.22. The molecule has 0 fully saturated rings. The van der Waals surface area contributed by atoms with Gasteiger partial charge in [0.05, 0.1) is 11.4 Å². The fourth-order valence-electron chi connectivity index (χ4n) is 1.37. The highest BCUT2D eigenvalue weighted by molar-refractivity contribution is 5.81. The Bertz CT molecular complexity index is 483. The molecule has 0 saturated heterocycles. The van der Waals surface area contributed by atoms with Crippen LogP contribution in [-0.4, -0.2) is 19.7 Å². The lowest BCUT2D eigenvalue weighted by Crippen LogP contribution is -2.08. The van der Waals surface area contributed by atoms with Crippen molar-refractivity contribution in [1.29, 1.82) is 0 Å². The molecule has 1 amide bonds. The molecule has 4 nitrogen and oxygen atoms in total. The minimum absolute atomic E-state index is 0.224.